The van der Waals surface area contributed by atoms with Crippen molar-refractivity contribution < 1.29 is 9.13 Å². The molecule has 0 saturated carbocycles. The fraction of sp³-hybridized carbons (Fsp3) is 0.500. The molecule has 3 heteroatoms. The van der Waals surface area contributed by atoms with E-state index in [-0.39, 0.29) is 6.67 Å². The number of alkyl halides is 1. The summed E-state index contributed by atoms with van der Waals surface area (Å²) in [6.07, 6.45) is 0.457. The lowest BCUT2D eigenvalue weighted by atomic mass is 10.2. The molecule has 0 spiro atoms. The summed E-state index contributed by atoms with van der Waals surface area (Å²) < 4.78 is 17.2. The molecule has 0 amide bonds. The normalized spacial score (nSPS) is 10.3. The molecule has 1 N–H and O–H groups in total. The van der Waals surface area contributed by atoms with Crippen LogP contribution in [0.1, 0.15) is 18.9 Å². The maximum Gasteiger partial charge on any atom is 0.119 e. The van der Waals surface area contributed by atoms with Crippen molar-refractivity contribution in [1.29, 1.82) is 0 Å². The lowest BCUT2D eigenvalue weighted by molar-refractivity contribution is 0.289. The zero-order chi connectivity index (χ0) is 10.9. The molecule has 0 heterocycles. The summed E-state index contributed by atoms with van der Waals surface area (Å²) >= 11 is 0. The number of ether oxygens (including phenoxy) is 1. The van der Waals surface area contributed by atoms with Gasteiger partial charge in [-0.3, -0.25) is 4.39 Å². The number of rotatable bonds is 7. The SMILES string of the molecule is CCNCc1ccc(OCCCF)cc1. The highest BCUT2D eigenvalue weighted by atomic mass is 19.1. The van der Waals surface area contributed by atoms with E-state index in [1.807, 2.05) is 24.3 Å². The highest BCUT2D eigenvalue weighted by Gasteiger charge is 1.95. The van der Waals surface area contributed by atoms with Crippen LogP contribution in [-0.2, 0) is 6.54 Å². The Morgan fingerprint density at radius 3 is 2.60 bits per heavy atom. The Morgan fingerprint density at radius 1 is 1.27 bits per heavy atom. The molecule has 0 unspecified atom stereocenters. The summed E-state index contributed by atoms with van der Waals surface area (Å²) in [7, 11) is 0. The predicted octanol–water partition coefficient (Wildman–Crippen LogP) is 2.53. The second-order valence-electron chi connectivity index (χ2n) is 3.32. The number of hydrogen-bond acceptors (Lipinski definition) is 2. The first-order chi connectivity index (χ1) is 7.36. The number of hydrogen-bond donors (Lipinski definition) is 1. The van der Waals surface area contributed by atoms with Crippen LogP contribution in [0.4, 0.5) is 4.39 Å². The van der Waals surface area contributed by atoms with E-state index in [1.165, 1.54) is 5.56 Å². The first-order valence-electron chi connectivity index (χ1n) is 5.35. The monoisotopic (exact) mass is 211 g/mol. The van der Waals surface area contributed by atoms with Gasteiger partial charge >= 0.3 is 0 Å². The Balaban J connectivity index is 2.35. The molecule has 1 rings (SSSR count). The molecule has 0 aliphatic rings. The van der Waals surface area contributed by atoms with Gasteiger partial charge in [0.1, 0.15) is 5.75 Å². The Kier molecular flexibility index (Phi) is 5.78. The van der Waals surface area contributed by atoms with Crippen molar-refractivity contribution in [3.63, 3.8) is 0 Å². The van der Waals surface area contributed by atoms with Crippen LogP contribution in [-0.4, -0.2) is 19.8 Å². The van der Waals surface area contributed by atoms with Crippen molar-refractivity contribution in [1.82, 2.24) is 5.32 Å². The summed E-state index contributed by atoms with van der Waals surface area (Å²) in [5.74, 6) is 0.809. The molecule has 0 atom stereocenters. The van der Waals surface area contributed by atoms with Gasteiger partial charge in [0.25, 0.3) is 0 Å². The molecule has 0 fully saturated rings. The van der Waals surface area contributed by atoms with Crippen molar-refractivity contribution in [2.24, 2.45) is 0 Å². The first-order valence-corrected chi connectivity index (χ1v) is 5.35. The Hall–Kier alpha value is -1.09. The fourth-order valence-corrected chi connectivity index (χ4v) is 1.22. The topological polar surface area (TPSA) is 21.3 Å². The van der Waals surface area contributed by atoms with Gasteiger partial charge < -0.3 is 10.1 Å². The number of nitrogens with one attached hydrogen (secondary N) is 1. The van der Waals surface area contributed by atoms with Crippen molar-refractivity contribution >= 4 is 0 Å². The maximum atomic E-state index is 11.8. The molecular weight excluding hydrogens is 193 g/mol. The van der Waals surface area contributed by atoms with Gasteiger partial charge in [-0.2, -0.15) is 0 Å². The van der Waals surface area contributed by atoms with Gasteiger partial charge in [0.2, 0.25) is 0 Å². The minimum absolute atomic E-state index is 0.321. The van der Waals surface area contributed by atoms with E-state index >= 15 is 0 Å². The van der Waals surface area contributed by atoms with E-state index in [9.17, 15) is 4.39 Å². The summed E-state index contributed by atoms with van der Waals surface area (Å²) in [6.45, 7) is 4.05. The van der Waals surface area contributed by atoms with E-state index in [1.54, 1.807) is 0 Å². The fourth-order valence-electron chi connectivity index (χ4n) is 1.22. The second kappa shape index (κ2) is 7.23. The first kappa shape index (κ1) is 12.0. The van der Waals surface area contributed by atoms with Gasteiger partial charge in [0, 0.05) is 13.0 Å². The minimum atomic E-state index is -0.321. The van der Waals surface area contributed by atoms with Crippen LogP contribution in [0.2, 0.25) is 0 Å². The third-order valence-electron chi connectivity index (χ3n) is 2.05. The smallest absolute Gasteiger partial charge is 0.119 e. The number of halogens is 1. The van der Waals surface area contributed by atoms with Crippen LogP contribution in [0.5, 0.6) is 5.75 Å². The van der Waals surface area contributed by atoms with Crippen molar-refractivity contribution in [3.05, 3.63) is 29.8 Å². The molecule has 0 aromatic heterocycles. The van der Waals surface area contributed by atoms with Gasteiger partial charge in [-0.15, -0.1) is 0 Å². The van der Waals surface area contributed by atoms with Gasteiger partial charge in [-0.05, 0) is 24.2 Å². The van der Waals surface area contributed by atoms with E-state index < -0.39 is 0 Å². The highest BCUT2D eigenvalue weighted by Crippen LogP contribution is 2.12. The highest BCUT2D eigenvalue weighted by molar-refractivity contribution is 5.27. The predicted molar refractivity (Wildman–Crippen MR) is 59.9 cm³/mol. The lowest BCUT2D eigenvalue weighted by Crippen LogP contribution is -2.11. The molecule has 1 aromatic rings. The zero-order valence-electron chi connectivity index (χ0n) is 9.13. The quantitative estimate of drug-likeness (QED) is 0.700. The average Bonchev–Trinajstić information content (AvgIpc) is 2.28. The molecule has 1 aromatic carbocycles. The molecule has 84 valence electrons. The van der Waals surface area contributed by atoms with Crippen LogP contribution in [0.15, 0.2) is 24.3 Å². The molecule has 15 heavy (non-hydrogen) atoms. The second-order valence-corrected chi connectivity index (χ2v) is 3.32. The van der Waals surface area contributed by atoms with Crippen LogP contribution in [0.25, 0.3) is 0 Å². The van der Waals surface area contributed by atoms with Crippen LogP contribution < -0.4 is 10.1 Å². The van der Waals surface area contributed by atoms with Crippen molar-refractivity contribution in [2.75, 3.05) is 19.8 Å². The van der Waals surface area contributed by atoms with E-state index in [4.69, 9.17) is 4.74 Å². The van der Waals surface area contributed by atoms with E-state index in [0.29, 0.717) is 13.0 Å². The summed E-state index contributed by atoms with van der Waals surface area (Å²) in [6, 6.07) is 7.89. The largest absolute Gasteiger partial charge is 0.494 e. The molecule has 2 nitrogen and oxygen atoms in total. The summed E-state index contributed by atoms with van der Waals surface area (Å²) in [4.78, 5) is 0. The Morgan fingerprint density at radius 2 is 2.00 bits per heavy atom. The van der Waals surface area contributed by atoms with E-state index in [0.717, 1.165) is 18.8 Å². The minimum Gasteiger partial charge on any atom is -0.494 e. The van der Waals surface area contributed by atoms with E-state index in [2.05, 4.69) is 12.2 Å². The maximum absolute atomic E-state index is 11.8. The van der Waals surface area contributed by atoms with Crippen LogP contribution in [0, 0.1) is 0 Å². The standard InChI is InChI=1S/C12H18FNO/c1-2-14-10-11-4-6-12(7-5-11)15-9-3-8-13/h4-7,14H,2-3,8-10H2,1H3. The molecule has 0 saturated heterocycles. The van der Waals surface area contributed by atoms with Crippen molar-refractivity contribution in [3.8, 4) is 5.75 Å². The zero-order valence-corrected chi connectivity index (χ0v) is 9.13. The third kappa shape index (κ3) is 4.79. The van der Waals surface area contributed by atoms with Gasteiger partial charge in [0.05, 0.1) is 13.3 Å². The molecule has 0 radical (unpaired) electrons. The lowest BCUT2D eigenvalue weighted by Gasteiger charge is -2.06. The third-order valence-corrected chi connectivity index (χ3v) is 2.05. The molecular formula is C12H18FNO. The van der Waals surface area contributed by atoms with Crippen LogP contribution >= 0.6 is 0 Å². The van der Waals surface area contributed by atoms with Crippen LogP contribution in [0.3, 0.4) is 0 Å². The van der Waals surface area contributed by atoms with Gasteiger partial charge in [-0.1, -0.05) is 19.1 Å². The Labute approximate surface area is 90.4 Å². The Bertz CT molecular complexity index is 261. The average molecular weight is 211 g/mol. The molecule has 0 bridgehead atoms. The van der Waals surface area contributed by atoms with Gasteiger partial charge in [-0.25, -0.2) is 0 Å². The van der Waals surface area contributed by atoms with Gasteiger partial charge in [0.15, 0.2) is 0 Å². The van der Waals surface area contributed by atoms with Crippen molar-refractivity contribution in [2.45, 2.75) is 19.9 Å². The summed E-state index contributed by atoms with van der Waals surface area (Å²) in [5, 5.41) is 3.25. The summed E-state index contributed by atoms with van der Waals surface area (Å²) in [5.41, 5.74) is 1.23. The molecule has 0 aliphatic carbocycles. The molecule has 0 aliphatic heterocycles. The number of benzene rings is 1.